The van der Waals surface area contributed by atoms with Crippen LogP contribution < -0.4 is 10.1 Å². The summed E-state index contributed by atoms with van der Waals surface area (Å²) in [5.41, 5.74) is 5.11. The number of thiophene rings is 1. The SMILES string of the molecule is CCc1cc(-c2noc(-c3sc(CN(C)CC(C)C)c(C)c3C)n2)cc(C)c1OC[C@@H](O)CNC(=O)CO. The first-order valence-corrected chi connectivity index (χ1v) is 13.8. The van der Waals surface area contributed by atoms with Crippen LogP contribution in [0.25, 0.3) is 22.2 Å². The Bertz CT molecular complexity index is 1240. The van der Waals surface area contributed by atoms with Crippen molar-refractivity contribution >= 4 is 17.2 Å². The first-order valence-electron chi connectivity index (χ1n) is 13.0. The van der Waals surface area contributed by atoms with Crippen LogP contribution in [-0.2, 0) is 17.8 Å². The lowest BCUT2D eigenvalue weighted by Crippen LogP contribution is -2.36. The van der Waals surface area contributed by atoms with Gasteiger partial charge in [0.1, 0.15) is 25.1 Å². The molecule has 0 aliphatic carbocycles. The van der Waals surface area contributed by atoms with Crippen LogP contribution in [0, 0.1) is 26.7 Å². The van der Waals surface area contributed by atoms with E-state index in [4.69, 9.17) is 19.4 Å². The Labute approximate surface area is 228 Å². The summed E-state index contributed by atoms with van der Waals surface area (Å²) < 4.78 is 11.6. The fourth-order valence-corrected chi connectivity index (χ4v) is 5.66. The maximum Gasteiger partial charge on any atom is 0.268 e. The second-order valence-corrected chi connectivity index (χ2v) is 11.3. The molecule has 1 aromatic carbocycles. The Hall–Kier alpha value is -2.79. The summed E-state index contributed by atoms with van der Waals surface area (Å²) in [5, 5.41) is 25.6. The number of nitrogens with one attached hydrogen (secondary N) is 1. The number of carbonyl (C=O) groups is 1. The van der Waals surface area contributed by atoms with E-state index >= 15 is 0 Å². The predicted octanol–water partition coefficient (Wildman–Crippen LogP) is 3.89. The fraction of sp³-hybridized carbons (Fsp3) is 0.536. The first-order chi connectivity index (χ1) is 18.0. The van der Waals surface area contributed by atoms with Crippen LogP contribution >= 0.6 is 11.3 Å². The van der Waals surface area contributed by atoms with Crippen molar-refractivity contribution in [1.82, 2.24) is 20.4 Å². The van der Waals surface area contributed by atoms with E-state index < -0.39 is 18.6 Å². The smallest absolute Gasteiger partial charge is 0.268 e. The predicted molar refractivity (Wildman–Crippen MR) is 149 cm³/mol. The molecule has 0 aliphatic rings. The van der Waals surface area contributed by atoms with Gasteiger partial charge < -0.3 is 29.7 Å². The Morgan fingerprint density at radius 3 is 2.63 bits per heavy atom. The molecule has 1 atom stereocenters. The molecule has 1 amide bonds. The Balaban J connectivity index is 1.78. The standard InChI is InChI=1S/C28H40N4O5S/c1-8-20-10-21(9-17(4)25(20)36-15-22(34)11-29-24(35)14-33)27-30-28(37-31-27)26-19(6)18(5)23(38-26)13-32(7)12-16(2)3/h9-10,16,22,33-34H,8,11-15H2,1-7H3,(H,29,35)/t22-/m0/s1. The highest BCUT2D eigenvalue weighted by molar-refractivity contribution is 7.15. The minimum absolute atomic E-state index is 0.000951. The molecule has 0 bridgehead atoms. The number of aryl methyl sites for hydroxylation is 2. The summed E-state index contributed by atoms with van der Waals surface area (Å²) in [6, 6.07) is 3.93. The summed E-state index contributed by atoms with van der Waals surface area (Å²) in [7, 11) is 2.15. The van der Waals surface area contributed by atoms with Gasteiger partial charge in [0.25, 0.3) is 5.89 Å². The maximum atomic E-state index is 11.2. The summed E-state index contributed by atoms with van der Waals surface area (Å²) in [5.74, 6) is 1.79. The molecular weight excluding hydrogens is 504 g/mol. The highest BCUT2D eigenvalue weighted by Gasteiger charge is 2.21. The van der Waals surface area contributed by atoms with Gasteiger partial charge in [0, 0.05) is 30.1 Å². The lowest BCUT2D eigenvalue weighted by molar-refractivity contribution is -0.124. The van der Waals surface area contributed by atoms with Gasteiger partial charge in [0.15, 0.2) is 0 Å². The van der Waals surface area contributed by atoms with Crippen LogP contribution in [0.4, 0.5) is 0 Å². The minimum Gasteiger partial charge on any atom is -0.490 e. The molecule has 0 saturated carbocycles. The summed E-state index contributed by atoms with van der Waals surface area (Å²) in [6.45, 7) is 14.0. The lowest BCUT2D eigenvalue weighted by atomic mass is 10.0. The van der Waals surface area contributed by atoms with Gasteiger partial charge in [-0.2, -0.15) is 4.98 Å². The van der Waals surface area contributed by atoms with Crippen LogP contribution in [0.2, 0.25) is 0 Å². The fourth-order valence-electron chi connectivity index (χ4n) is 4.35. The van der Waals surface area contributed by atoms with Crippen molar-refractivity contribution in [3.63, 3.8) is 0 Å². The molecule has 0 spiro atoms. The van der Waals surface area contributed by atoms with Gasteiger partial charge in [-0.25, -0.2) is 0 Å². The first kappa shape index (κ1) is 29.8. The Morgan fingerprint density at radius 2 is 1.97 bits per heavy atom. The highest BCUT2D eigenvalue weighted by Crippen LogP contribution is 2.37. The molecule has 2 aromatic heterocycles. The molecule has 3 N–H and O–H groups in total. The second kappa shape index (κ2) is 13.3. The third kappa shape index (κ3) is 7.41. The van der Waals surface area contributed by atoms with Crippen LogP contribution in [0.5, 0.6) is 5.75 Å². The number of rotatable bonds is 13. The van der Waals surface area contributed by atoms with Crippen molar-refractivity contribution in [1.29, 1.82) is 0 Å². The normalized spacial score (nSPS) is 12.4. The van der Waals surface area contributed by atoms with E-state index in [1.807, 2.05) is 26.0 Å². The van der Waals surface area contributed by atoms with Crippen molar-refractivity contribution in [2.24, 2.45) is 5.92 Å². The molecule has 3 aromatic rings. The van der Waals surface area contributed by atoms with Crippen LogP contribution in [-0.4, -0.2) is 70.6 Å². The summed E-state index contributed by atoms with van der Waals surface area (Å²) in [6.07, 6.45) is -0.190. The summed E-state index contributed by atoms with van der Waals surface area (Å²) in [4.78, 5) is 20.6. The van der Waals surface area contributed by atoms with Crippen LogP contribution in [0.1, 0.15) is 47.9 Å². The number of aromatic nitrogens is 2. The largest absolute Gasteiger partial charge is 0.490 e. The van der Waals surface area contributed by atoms with Crippen molar-refractivity contribution < 1.29 is 24.3 Å². The van der Waals surface area contributed by atoms with E-state index in [-0.39, 0.29) is 13.2 Å². The molecule has 0 aliphatic heterocycles. The van der Waals surface area contributed by atoms with Crippen molar-refractivity contribution in [3.05, 3.63) is 39.3 Å². The average Bonchev–Trinajstić information content (AvgIpc) is 3.46. The molecule has 3 rings (SSSR count). The van der Waals surface area contributed by atoms with Gasteiger partial charge >= 0.3 is 0 Å². The van der Waals surface area contributed by atoms with E-state index in [9.17, 15) is 9.90 Å². The molecule has 0 radical (unpaired) electrons. The van der Waals surface area contributed by atoms with E-state index in [2.05, 4.69) is 50.1 Å². The molecule has 9 nitrogen and oxygen atoms in total. The zero-order chi connectivity index (χ0) is 28.0. The molecular formula is C28H40N4O5S. The number of nitrogens with zero attached hydrogens (tertiary/aromatic N) is 3. The molecule has 2 heterocycles. The highest BCUT2D eigenvalue weighted by atomic mass is 32.1. The summed E-state index contributed by atoms with van der Waals surface area (Å²) >= 11 is 1.71. The van der Waals surface area contributed by atoms with E-state index in [0.29, 0.717) is 29.8 Å². The van der Waals surface area contributed by atoms with Gasteiger partial charge in [0.2, 0.25) is 11.7 Å². The number of ether oxygens (including phenoxy) is 1. The molecule has 0 unspecified atom stereocenters. The van der Waals surface area contributed by atoms with Gasteiger partial charge in [-0.05, 0) is 74.5 Å². The van der Waals surface area contributed by atoms with E-state index in [1.54, 1.807) is 11.3 Å². The zero-order valence-corrected chi connectivity index (χ0v) is 24.2. The maximum absolute atomic E-state index is 11.2. The van der Waals surface area contributed by atoms with Crippen molar-refractivity contribution in [2.75, 3.05) is 33.4 Å². The molecule has 208 valence electrons. The number of aliphatic hydroxyl groups excluding tert-OH is 2. The Kier molecular flexibility index (Phi) is 10.4. The molecule has 10 heteroatoms. The number of amides is 1. The zero-order valence-electron chi connectivity index (χ0n) is 23.4. The second-order valence-electron chi connectivity index (χ2n) is 10.2. The number of hydrogen-bond donors (Lipinski definition) is 3. The van der Waals surface area contributed by atoms with Gasteiger partial charge in [-0.3, -0.25) is 4.79 Å². The number of hydrogen-bond acceptors (Lipinski definition) is 9. The van der Waals surface area contributed by atoms with Gasteiger partial charge in [-0.1, -0.05) is 25.9 Å². The minimum atomic E-state index is -0.901. The topological polar surface area (TPSA) is 121 Å². The third-order valence-electron chi connectivity index (χ3n) is 6.35. The third-order valence-corrected chi connectivity index (χ3v) is 7.71. The average molecular weight is 545 g/mol. The number of aliphatic hydroxyl groups is 2. The van der Waals surface area contributed by atoms with Crippen LogP contribution in [0.3, 0.4) is 0 Å². The van der Waals surface area contributed by atoms with Gasteiger partial charge in [0.05, 0.1) is 4.88 Å². The van der Waals surface area contributed by atoms with Crippen molar-refractivity contribution in [2.45, 2.75) is 60.6 Å². The monoisotopic (exact) mass is 544 g/mol. The quantitative estimate of drug-likeness (QED) is 0.296. The van der Waals surface area contributed by atoms with Crippen molar-refractivity contribution in [3.8, 4) is 27.9 Å². The van der Waals surface area contributed by atoms with E-state index in [1.165, 1.54) is 16.0 Å². The molecule has 0 fully saturated rings. The number of carbonyl (C=O) groups excluding carboxylic acids is 1. The lowest BCUT2D eigenvalue weighted by Gasteiger charge is -2.18. The van der Waals surface area contributed by atoms with Crippen LogP contribution in [0.15, 0.2) is 16.7 Å². The molecule has 38 heavy (non-hydrogen) atoms. The Morgan fingerprint density at radius 1 is 1.24 bits per heavy atom. The number of benzene rings is 1. The molecule has 0 saturated heterocycles. The van der Waals surface area contributed by atoms with E-state index in [0.717, 1.165) is 34.7 Å². The van der Waals surface area contributed by atoms with Gasteiger partial charge in [-0.15, -0.1) is 11.3 Å².